The average Bonchev–Trinajstić information content (AvgIpc) is 2.67. The highest BCUT2D eigenvalue weighted by Gasteiger charge is 2.09. The topological polar surface area (TPSA) is 33.0 Å². The van der Waals surface area contributed by atoms with Crippen molar-refractivity contribution in [2.45, 2.75) is 0 Å². The van der Waals surface area contributed by atoms with Crippen LogP contribution < -0.4 is 4.74 Å². The SMILES string of the molecule is COc1ccc(-c2cc3ccccc3c3ccc(C#N)cc23)cc1. The van der Waals surface area contributed by atoms with E-state index in [2.05, 4.69) is 42.5 Å². The Kier molecular flexibility index (Phi) is 3.40. The fraction of sp³-hybridized carbons (Fsp3) is 0.0455. The predicted molar refractivity (Wildman–Crippen MR) is 98.2 cm³/mol. The van der Waals surface area contributed by atoms with Gasteiger partial charge in [0.2, 0.25) is 0 Å². The standard InChI is InChI=1S/C22H15NO/c1-24-18-9-7-16(8-10-18)21-13-17-4-2-3-5-19(17)20-11-6-15(14-23)12-22(20)21/h2-13H,1H3. The minimum atomic E-state index is 0.674. The van der Waals surface area contributed by atoms with E-state index in [1.807, 2.05) is 36.4 Å². The van der Waals surface area contributed by atoms with Crippen molar-refractivity contribution in [2.75, 3.05) is 7.11 Å². The van der Waals surface area contributed by atoms with E-state index >= 15 is 0 Å². The van der Waals surface area contributed by atoms with E-state index < -0.39 is 0 Å². The molecule has 0 N–H and O–H groups in total. The molecular formula is C22H15NO. The molecule has 0 aromatic heterocycles. The third kappa shape index (κ3) is 2.28. The molecule has 24 heavy (non-hydrogen) atoms. The van der Waals surface area contributed by atoms with Crippen molar-refractivity contribution in [2.24, 2.45) is 0 Å². The van der Waals surface area contributed by atoms with Crippen molar-refractivity contribution in [1.29, 1.82) is 5.26 Å². The van der Waals surface area contributed by atoms with E-state index in [9.17, 15) is 5.26 Å². The van der Waals surface area contributed by atoms with Crippen LogP contribution in [0.25, 0.3) is 32.7 Å². The van der Waals surface area contributed by atoms with E-state index in [0.29, 0.717) is 5.56 Å². The molecule has 4 aromatic carbocycles. The lowest BCUT2D eigenvalue weighted by Gasteiger charge is -2.12. The summed E-state index contributed by atoms with van der Waals surface area (Å²) in [7, 11) is 1.67. The number of nitriles is 1. The molecule has 0 heterocycles. The maximum absolute atomic E-state index is 9.27. The summed E-state index contributed by atoms with van der Waals surface area (Å²) in [4.78, 5) is 0. The highest BCUT2D eigenvalue weighted by atomic mass is 16.5. The lowest BCUT2D eigenvalue weighted by Crippen LogP contribution is -1.87. The number of fused-ring (bicyclic) bond motifs is 3. The maximum Gasteiger partial charge on any atom is 0.118 e. The van der Waals surface area contributed by atoms with Crippen LogP contribution in [0.4, 0.5) is 0 Å². The minimum absolute atomic E-state index is 0.674. The first kappa shape index (κ1) is 14.3. The quantitative estimate of drug-likeness (QED) is 0.455. The molecule has 0 unspecified atom stereocenters. The van der Waals surface area contributed by atoms with Gasteiger partial charge in [-0.15, -0.1) is 0 Å². The Labute approximate surface area is 140 Å². The van der Waals surface area contributed by atoms with Gasteiger partial charge >= 0.3 is 0 Å². The largest absolute Gasteiger partial charge is 0.497 e. The number of hydrogen-bond donors (Lipinski definition) is 0. The molecule has 0 saturated heterocycles. The second kappa shape index (κ2) is 5.72. The van der Waals surface area contributed by atoms with Crippen LogP contribution >= 0.6 is 0 Å². The van der Waals surface area contributed by atoms with Crippen LogP contribution in [0.1, 0.15) is 5.56 Å². The highest BCUT2D eigenvalue weighted by Crippen LogP contribution is 2.35. The van der Waals surface area contributed by atoms with Gasteiger partial charge in [0.1, 0.15) is 5.75 Å². The first-order valence-corrected chi connectivity index (χ1v) is 7.80. The number of ether oxygens (including phenoxy) is 1. The van der Waals surface area contributed by atoms with Crippen molar-refractivity contribution in [3.8, 4) is 22.9 Å². The van der Waals surface area contributed by atoms with E-state index in [0.717, 1.165) is 27.6 Å². The van der Waals surface area contributed by atoms with Gasteiger partial charge in [-0.25, -0.2) is 0 Å². The minimum Gasteiger partial charge on any atom is -0.497 e. The Morgan fingerprint density at radius 3 is 2.33 bits per heavy atom. The van der Waals surface area contributed by atoms with E-state index in [1.165, 1.54) is 10.8 Å². The van der Waals surface area contributed by atoms with Crippen LogP contribution in [0.5, 0.6) is 5.75 Å². The molecule has 0 aliphatic rings. The van der Waals surface area contributed by atoms with Gasteiger partial charge in [0.15, 0.2) is 0 Å². The summed E-state index contributed by atoms with van der Waals surface area (Å²) in [5, 5.41) is 13.9. The van der Waals surface area contributed by atoms with Crippen molar-refractivity contribution >= 4 is 21.5 Å². The third-order valence-electron chi connectivity index (χ3n) is 4.39. The Hall–Kier alpha value is -3.31. The molecule has 0 bridgehead atoms. The monoisotopic (exact) mass is 309 g/mol. The molecule has 0 amide bonds. The van der Waals surface area contributed by atoms with Gasteiger partial charge in [-0.3, -0.25) is 0 Å². The Bertz CT molecular complexity index is 1090. The molecule has 0 aliphatic heterocycles. The van der Waals surface area contributed by atoms with Crippen LogP contribution in [0.2, 0.25) is 0 Å². The van der Waals surface area contributed by atoms with Crippen LogP contribution in [-0.4, -0.2) is 7.11 Å². The molecule has 2 nitrogen and oxygen atoms in total. The van der Waals surface area contributed by atoms with Gasteiger partial charge < -0.3 is 4.74 Å². The second-order valence-corrected chi connectivity index (χ2v) is 5.75. The first-order valence-electron chi connectivity index (χ1n) is 7.80. The van der Waals surface area contributed by atoms with Gasteiger partial charge in [0.25, 0.3) is 0 Å². The summed E-state index contributed by atoms with van der Waals surface area (Å²) in [6.07, 6.45) is 0. The summed E-state index contributed by atoms with van der Waals surface area (Å²) in [5.41, 5.74) is 2.91. The van der Waals surface area contributed by atoms with Crippen molar-refractivity contribution in [3.63, 3.8) is 0 Å². The molecule has 4 rings (SSSR count). The molecular weight excluding hydrogens is 294 g/mol. The fourth-order valence-corrected chi connectivity index (χ4v) is 3.18. The highest BCUT2D eigenvalue weighted by molar-refractivity contribution is 6.14. The summed E-state index contributed by atoms with van der Waals surface area (Å²) in [6, 6.07) is 26.7. The predicted octanol–water partition coefficient (Wildman–Crippen LogP) is 5.54. The maximum atomic E-state index is 9.27. The zero-order chi connectivity index (χ0) is 16.5. The van der Waals surface area contributed by atoms with Gasteiger partial charge in [-0.2, -0.15) is 5.26 Å². The van der Waals surface area contributed by atoms with Gasteiger partial charge in [-0.1, -0.05) is 42.5 Å². The van der Waals surface area contributed by atoms with E-state index in [-0.39, 0.29) is 0 Å². The summed E-state index contributed by atoms with van der Waals surface area (Å²) >= 11 is 0. The Balaban J connectivity index is 2.09. The molecule has 0 saturated carbocycles. The molecule has 0 radical (unpaired) electrons. The zero-order valence-electron chi connectivity index (χ0n) is 13.3. The number of methoxy groups -OCH3 is 1. The summed E-state index contributed by atoms with van der Waals surface area (Å²) in [5.74, 6) is 0.835. The van der Waals surface area contributed by atoms with Gasteiger partial charge in [0.05, 0.1) is 18.7 Å². The zero-order valence-corrected chi connectivity index (χ0v) is 13.3. The number of hydrogen-bond acceptors (Lipinski definition) is 2. The van der Waals surface area contributed by atoms with Crippen molar-refractivity contribution < 1.29 is 4.74 Å². The summed E-state index contributed by atoms with van der Waals surface area (Å²) in [6.45, 7) is 0. The molecule has 0 aliphatic carbocycles. The third-order valence-corrected chi connectivity index (χ3v) is 4.39. The molecule has 114 valence electrons. The smallest absolute Gasteiger partial charge is 0.118 e. The van der Waals surface area contributed by atoms with Crippen LogP contribution in [-0.2, 0) is 0 Å². The van der Waals surface area contributed by atoms with E-state index in [1.54, 1.807) is 7.11 Å². The number of nitrogens with zero attached hydrogens (tertiary/aromatic N) is 1. The van der Waals surface area contributed by atoms with Crippen LogP contribution in [0.15, 0.2) is 72.8 Å². The van der Waals surface area contributed by atoms with E-state index in [4.69, 9.17) is 4.74 Å². The normalized spacial score (nSPS) is 10.7. The van der Waals surface area contributed by atoms with Crippen LogP contribution in [0, 0.1) is 11.3 Å². The molecule has 0 fully saturated rings. The average molecular weight is 309 g/mol. The molecule has 2 heteroatoms. The Morgan fingerprint density at radius 1 is 0.792 bits per heavy atom. The summed E-state index contributed by atoms with van der Waals surface area (Å²) < 4.78 is 5.26. The van der Waals surface area contributed by atoms with Gasteiger partial charge in [0, 0.05) is 0 Å². The lowest BCUT2D eigenvalue weighted by atomic mass is 9.92. The van der Waals surface area contributed by atoms with Crippen LogP contribution in [0.3, 0.4) is 0 Å². The second-order valence-electron chi connectivity index (χ2n) is 5.75. The molecule has 4 aromatic rings. The lowest BCUT2D eigenvalue weighted by molar-refractivity contribution is 0.415. The van der Waals surface area contributed by atoms with Crippen molar-refractivity contribution in [3.05, 3.63) is 78.4 Å². The van der Waals surface area contributed by atoms with Gasteiger partial charge in [-0.05, 0) is 63.0 Å². The first-order chi connectivity index (χ1) is 11.8. The number of rotatable bonds is 2. The fourth-order valence-electron chi connectivity index (χ4n) is 3.18. The molecule has 0 spiro atoms. The number of benzene rings is 4. The molecule has 0 atom stereocenters. The van der Waals surface area contributed by atoms with Crippen molar-refractivity contribution in [1.82, 2.24) is 0 Å². The Morgan fingerprint density at radius 2 is 1.58 bits per heavy atom.